The van der Waals surface area contributed by atoms with E-state index < -0.39 is 5.82 Å². The molecule has 5 unspecified atom stereocenters. The molecule has 0 spiro atoms. The Morgan fingerprint density at radius 3 is 2.78 bits per heavy atom. The Balaban J connectivity index is 1.08. The number of hydrogen-bond donors (Lipinski definition) is 2. The van der Waals surface area contributed by atoms with Crippen LogP contribution in [-0.4, -0.2) is 76.4 Å². The number of phenolic OH excluding ortho intramolecular Hbond substituents is 1. The first kappa shape index (κ1) is 27.7. The molecule has 1 saturated carbocycles. The molecule has 1 aliphatic carbocycles. The zero-order chi connectivity index (χ0) is 30.3. The highest BCUT2D eigenvalue weighted by molar-refractivity contribution is 6.00. The molecule has 5 aliphatic heterocycles. The number of nitrogens with one attached hydrogen (secondary N) is 1. The van der Waals surface area contributed by atoms with E-state index in [2.05, 4.69) is 25.9 Å². The van der Waals surface area contributed by atoms with Gasteiger partial charge in [0, 0.05) is 60.5 Å². The zero-order valence-corrected chi connectivity index (χ0v) is 25.8. The lowest BCUT2D eigenvalue weighted by atomic mass is 9.90. The average Bonchev–Trinajstić information content (AvgIpc) is 3.81. The van der Waals surface area contributed by atoms with E-state index in [0.29, 0.717) is 43.2 Å². The van der Waals surface area contributed by atoms with Crippen LogP contribution >= 0.6 is 0 Å². The molecule has 234 valence electrons. The van der Waals surface area contributed by atoms with Crippen molar-refractivity contribution in [3.05, 3.63) is 46.9 Å². The fourth-order valence-electron chi connectivity index (χ4n) is 9.95. The summed E-state index contributed by atoms with van der Waals surface area (Å²) in [6.45, 7) is 4.87. The minimum atomic E-state index is -0.431. The minimum absolute atomic E-state index is 0.103. The van der Waals surface area contributed by atoms with E-state index in [1.807, 2.05) is 0 Å². The van der Waals surface area contributed by atoms with Crippen molar-refractivity contribution >= 4 is 22.3 Å². The number of aromatic hydroxyl groups is 1. The molecule has 6 aliphatic rings. The molecule has 1 aromatic heterocycles. The Bertz CT molecular complexity index is 1710. The third-order valence-electron chi connectivity index (χ3n) is 11.8. The van der Waals surface area contributed by atoms with Crippen molar-refractivity contribution in [1.29, 1.82) is 0 Å². The minimum Gasteiger partial charge on any atom is -0.508 e. The third kappa shape index (κ3) is 4.47. The number of terminal acetylenes is 1. The van der Waals surface area contributed by atoms with Crippen molar-refractivity contribution in [3.8, 4) is 24.1 Å². The molecule has 0 radical (unpaired) electrons. The number of halogens is 1. The fourth-order valence-corrected chi connectivity index (χ4v) is 9.95. The molecular formula is C36H41FN6O2. The lowest BCUT2D eigenvalue weighted by Gasteiger charge is -2.38. The van der Waals surface area contributed by atoms with E-state index in [0.717, 1.165) is 54.1 Å². The molecule has 8 nitrogen and oxygen atoms in total. The van der Waals surface area contributed by atoms with Crippen LogP contribution in [0.15, 0.2) is 24.3 Å². The first-order valence-electron chi connectivity index (χ1n) is 17.0. The van der Waals surface area contributed by atoms with Gasteiger partial charge < -0.3 is 25.0 Å². The number of nitrogens with zero attached hydrogens (tertiary/aromatic N) is 5. The van der Waals surface area contributed by atoms with Gasteiger partial charge in [0.15, 0.2) is 0 Å². The maximum atomic E-state index is 14.9. The number of ether oxygens (including phenoxy) is 1. The monoisotopic (exact) mass is 608 g/mol. The number of benzene rings is 2. The van der Waals surface area contributed by atoms with Crippen LogP contribution in [-0.2, 0) is 13.0 Å². The van der Waals surface area contributed by atoms with Crippen LogP contribution in [0.2, 0.25) is 0 Å². The molecule has 2 aromatic carbocycles. The van der Waals surface area contributed by atoms with Crippen molar-refractivity contribution in [2.24, 2.45) is 5.92 Å². The molecule has 2 N–H and O–H groups in total. The summed E-state index contributed by atoms with van der Waals surface area (Å²) >= 11 is 0. The van der Waals surface area contributed by atoms with Gasteiger partial charge in [0.2, 0.25) is 0 Å². The molecule has 4 saturated heterocycles. The Labute approximate surface area is 264 Å². The summed E-state index contributed by atoms with van der Waals surface area (Å²) < 4.78 is 21.6. The van der Waals surface area contributed by atoms with Crippen LogP contribution in [0.25, 0.3) is 10.8 Å². The molecule has 6 heterocycles. The maximum Gasteiger partial charge on any atom is 0.318 e. The summed E-state index contributed by atoms with van der Waals surface area (Å²) in [6, 6.07) is 8.55. The normalized spacial score (nSPS) is 30.4. The van der Waals surface area contributed by atoms with Crippen molar-refractivity contribution in [3.63, 3.8) is 0 Å². The zero-order valence-electron chi connectivity index (χ0n) is 25.8. The molecule has 0 amide bonds. The second-order valence-electron chi connectivity index (χ2n) is 14.4. The molecule has 2 bridgehead atoms. The number of anilines is 2. The Morgan fingerprint density at radius 2 is 1.93 bits per heavy atom. The van der Waals surface area contributed by atoms with Crippen LogP contribution in [0.5, 0.6) is 11.8 Å². The lowest BCUT2D eigenvalue weighted by Crippen LogP contribution is -2.52. The van der Waals surface area contributed by atoms with Crippen LogP contribution in [0.4, 0.5) is 15.9 Å². The van der Waals surface area contributed by atoms with Gasteiger partial charge in [0.1, 0.15) is 24.0 Å². The van der Waals surface area contributed by atoms with E-state index >= 15 is 0 Å². The third-order valence-corrected chi connectivity index (χ3v) is 11.8. The molecule has 5 fully saturated rings. The molecule has 5 atom stereocenters. The van der Waals surface area contributed by atoms with Crippen molar-refractivity contribution in [2.75, 3.05) is 42.6 Å². The van der Waals surface area contributed by atoms with Gasteiger partial charge in [-0.05, 0) is 81.3 Å². The van der Waals surface area contributed by atoms with Gasteiger partial charge in [-0.2, -0.15) is 9.97 Å². The highest BCUT2D eigenvalue weighted by Crippen LogP contribution is 2.51. The number of fused-ring (bicyclic) bond motifs is 7. The van der Waals surface area contributed by atoms with Crippen LogP contribution in [0, 0.1) is 24.1 Å². The summed E-state index contributed by atoms with van der Waals surface area (Å²) in [4.78, 5) is 17.7. The van der Waals surface area contributed by atoms with Crippen LogP contribution in [0.3, 0.4) is 0 Å². The van der Waals surface area contributed by atoms with E-state index in [1.165, 1.54) is 69.5 Å². The SMILES string of the molecule is C#Cc1c(F)ccc2cc(O)cc(N3CCc4c(nc(OCC56CCCN5C5CCCC5C6)nc4N4CC5CCC(C4)N5)C3)c12. The van der Waals surface area contributed by atoms with E-state index in [9.17, 15) is 9.50 Å². The second-order valence-corrected chi connectivity index (χ2v) is 14.4. The highest BCUT2D eigenvalue weighted by atomic mass is 19.1. The number of phenols is 1. The summed E-state index contributed by atoms with van der Waals surface area (Å²) in [5.74, 6) is 4.07. The Kier molecular flexibility index (Phi) is 6.44. The van der Waals surface area contributed by atoms with E-state index in [-0.39, 0.29) is 16.9 Å². The smallest absolute Gasteiger partial charge is 0.318 e. The predicted molar refractivity (Wildman–Crippen MR) is 172 cm³/mol. The fraction of sp³-hybridized carbons (Fsp3) is 0.556. The molecular weight excluding hydrogens is 567 g/mol. The van der Waals surface area contributed by atoms with Gasteiger partial charge in [0.05, 0.1) is 23.3 Å². The topological polar surface area (TPSA) is 77.0 Å². The van der Waals surface area contributed by atoms with Crippen LogP contribution in [0.1, 0.15) is 68.2 Å². The number of rotatable bonds is 5. The van der Waals surface area contributed by atoms with Gasteiger partial charge in [-0.3, -0.25) is 4.90 Å². The molecule has 45 heavy (non-hydrogen) atoms. The number of hydrogen-bond acceptors (Lipinski definition) is 8. The van der Waals surface area contributed by atoms with Gasteiger partial charge in [-0.25, -0.2) is 4.39 Å². The quantitative estimate of drug-likeness (QED) is 0.403. The van der Waals surface area contributed by atoms with Crippen molar-refractivity contribution in [1.82, 2.24) is 20.2 Å². The van der Waals surface area contributed by atoms with Crippen molar-refractivity contribution in [2.45, 2.75) is 88.0 Å². The lowest BCUT2D eigenvalue weighted by molar-refractivity contribution is 0.0829. The summed E-state index contributed by atoms with van der Waals surface area (Å²) in [5.41, 5.74) is 3.16. The standard InChI is InChI=1S/C36H41FN6O2/c1-2-27-29(37)10-7-22-15-26(44)16-32(33(22)27)41-14-11-28-30(20-41)39-35(40-34(28)42-18-24-8-9-25(19-42)38-24)45-21-36-12-4-13-43(36)31-6-3-5-23(31)17-36/h1,7,10,15-16,23-25,31,38,44H,3-6,8-9,11-14,17-21H2. The largest absolute Gasteiger partial charge is 0.508 e. The van der Waals surface area contributed by atoms with Crippen LogP contribution < -0.4 is 19.9 Å². The van der Waals surface area contributed by atoms with E-state index in [1.54, 1.807) is 18.2 Å². The van der Waals surface area contributed by atoms with Crippen molar-refractivity contribution < 1.29 is 14.2 Å². The second kappa shape index (κ2) is 10.5. The van der Waals surface area contributed by atoms with Gasteiger partial charge in [-0.15, -0.1) is 6.42 Å². The van der Waals surface area contributed by atoms with Gasteiger partial charge in [0.25, 0.3) is 0 Å². The summed E-state index contributed by atoms with van der Waals surface area (Å²) in [5, 5.41) is 15.8. The molecule has 9 heteroatoms. The van der Waals surface area contributed by atoms with Gasteiger partial charge >= 0.3 is 6.01 Å². The van der Waals surface area contributed by atoms with E-state index in [4.69, 9.17) is 21.1 Å². The predicted octanol–water partition coefficient (Wildman–Crippen LogP) is 4.74. The number of aromatic nitrogens is 2. The molecule has 3 aromatic rings. The molecule has 9 rings (SSSR count). The Hall–Kier alpha value is -3.61. The Morgan fingerprint density at radius 1 is 1.07 bits per heavy atom. The highest BCUT2D eigenvalue weighted by Gasteiger charge is 2.55. The summed E-state index contributed by atoms with van der Waals surface area (Å²) in [7, 11) is 0. The number of piperazine rings is 1. The average molecular weight is 609 g/mol. The first-order chi connectivity index (χ1) is 22.0. The summed E-state index contributed by atoms with van der Waals surface area (Å²) in [6.07, 6.45) is 16.6. The first-order valence-corrected chi connectivity index (χ1v) is 17.0. The maximum absolute atomic E-state index is 14.9. The van der Waals surface area contributed by atoms with Gasteiger partial charge in [-0.1, -0.05) is 18.4 Å².